The Morgan fingerprint density at radius 3 is 2.48 bits per heavy atom. The summed E-state index contributed by atoms with van der Waals surface area (Å²) in [5.41, 5.74) is 10.4. The molecule has 0 saturated carbocycles. The fourth-order valence-corrected chi connectivity index (χ4v) is 3.22. The lowest BCUT2D eigenvalue weighted by Crippen LogP contribution is -2.48. The summed E-state index contributed by atoms with van der Waals surface area (Å²) in [6, 6.07) is 12.7. The van der Waals surface area contributed by atoms with Crippen LogP contribution in [-0.2, 0) is 24.2 Å². The fraction of sp³-hybridized carbons (Fsp3) is 0.400. The molecule has 2 aromatic rings. The molecule has 1 fully saturated rings. The molecule has 1 aliphatic heterocycles. The first-order chi connectivity index (χ1) is 12.2. The van der Waals surface area contributed by atoms with Crippen molar-refractivity contribution < 1.29 is 4.79 Å². The van der Waals surface area contributed by atoms with Crippen LogP contribution in [0.15, 0.2) is 42.6 Å². The highest BCUT2D eigenvalue weighted by Gasteiger charge is 2.18. The predicted octanol–water partition coefficient (Wildman–Crippen LogP) is 1.99. The number of nitrogens with two attached hydrogens (primary N) is 1. The van der Waals surface area contributed by atoms with E-state index in [4.69, 9.17) is 5.73 Å². The minimum atomic E-state index is 0.159. The summed E-state index contributed by atoms with van der Waals surface area (Å²) in [5, 5.41) is 0. The number of anilines is 1. The summed E-state index contributed by atoms with van der Waals surface area (Å²) in [5.74, 6) is 0.159. The average Bonchev–Trinajstić information content (AvgIpc) is 2.67. The molecular weight excluding hydrogens is 312 g/mol. The van der Waals surface area contributed by atoms with Crippen LogP contribution in [-0.4, -0.2) is 42.0 Å². The third-order valence-corrected chi connectivity index (χ3v) is 4.80. The number of carbonyl (C=O) groups is 1. The second kappa shape index (κ2) is 8.12. The van der Waals surface area contributed by atoms with Gasteiger partial charge in [0.25, 0.3) is 0 Å². The molecule has 1 amide bonds. The van der Waals surface area contributed by atoms with Gasteiger partial charge in [-0.3, -0.25) is 9.78 Å². The van der Waals surface area contributed by atoms with Crippen molar-refractivity contribution >= 4 is 11.6 Å². The first-order valence-electron chi connectivity index (χ1n) is 8.89. The lowest BCUT2D eigenvalue weighted by Gasteiger charge is -2.35. The topological polar surface area (TPSA) is 62.5 Å². The van der Waals surface area contributed by atoms with Crippen molar-refractivity contribution in [2.75, 3.05) is 31.1 Å². The molecular formula is C20H26N4O. The van der Waals surface area contributed by atoms with E-state index < -0.39 is 0 Å². The van der Waals surface area contributed by atoms with Crippen molar-refractivity contribution in [3.63, 3.8) is 0 Å². The summed E-state index contributed by atoms with van der Waals surface area (Å²) in [6.07, 6.45) is 3.85. The molecule has 2 heterocycles. The molecule has 1 saturated heterocycles. The van der Waals surface area contributed by atoms with Crippen LogP contribution >= 0.6 is 0 Å². The molecule has 0 radical (unpaired) electrons. The van der Waals surface area contributed by atoms with Crippen LogP contribution in [0.1, 0.15) is 23.7 Å². The number of hydrogen-bond donors (Lipinski definition) is 1. The van der Waals surface area contributed by atoms with Crippen LogP contribution in [0.3, 0.4) is 0 Å². The summed E-state index contributed by atoms with van der Waals surface area (Å²) < 4.78 is 0. The van der Waals surface area contributed by atoms with E-state index in [1.807, 2.05) is 11.1 Å². The van der Waals surface area contributed by atoms with Crippen molar-refractivity contribution in [2.24, 2.45) is 5.73 Å². The Hall–Kier alpha value is -2.40. The second-order valence-corrected chi connectivity index (χ2v) is 6.52. The zero-order valence-corrected chi connectivity index (χ0v) is 14.8. The standard InChI is InChI=1S/C20H26N4O/c1-16(25)23-9-11-24(12-10-23)20-8-7-19(22-15-20)6-5-17-3-2-4-18(13-17)14-21/h2-4,7-8,13,15H,5-6,9-12,14,21H2,1H3. The van der Waals surface area contributed by atoms with E-state index in [1.54, 1.807) is 6.92 Å². The van der Waals surface area contributed by atoms with Crippen LogP contribution in [0.2, 0.25) is 0 Å². The Morgan fingerprint density at radius 2 is 1.84 bits per heavy atom. The highest BCUT2D eigenvalue weighted by molar-refractivity contribution is 5.73. The molecule has 0 spiro atoms. The van der Waals surface area contributed by atoms with Crippen molar-refractivity contribution in [1.29, 1.82) is 0 Å². The number of benzene rings is 1. The van der Waals surface area contributed by atoms with Crippen molar-refractivity contribution in [3.05, 3.63) is 59.4 Å². The number of rotatable bonds is 5. The van der Waals surface area contributed by atoms with E-state index in [9.17, 15) is 4.79 Å². The number of aromatic nitrogens is 1. The van der Waals surface area contributed by atoms with Crippen LogP contribution in [0.25, 0.3) is 0 Å². The van der Waals surface area contributed by atoms with Gasteiger partial charge in [-0.25, -0.2) is 0 Å². The van der Waals surface area contributed by atoms with E-state index >= 15 is 0 Å². The zero-order valence-electron chi connectivity index (χ0n) is 14.8. The number of pyridine rings is 1. The van der Waals surface area contributed by atoms with Gasteiger partial charge in [0, 0.05) is 45.3 Å². The summed E-state index contributed by atoms with van der Waals surface area (Å²) in [6.45, 7) is 5.52. The number of nitrogens with zero attached hydrogens (tertiary/aromatic N) is 3. The van der Waals surface area contributed by atoms with Crippen LogP contribution in [0.4, 0.5) is 5.69 Å². The molecule has 2 N–H and O–H groups in total. The van der Waals surface area contributed by atoms with Gasteiger partial charge in [0.1, 0.15) is 0 Å². The third-order valence-electron chi connectivity index (χ3n) is 4.80. The Balaban J connectivity index is 1.54. The van der Waals surface area contributed by atoms with E-state index in [2.05, 4.69) is 46.3 Å². The first kappa shape index (κ1) is 17.4. The van der Waals surface area contributed by atoms with Gasteiger partial charge in [-0.1, -0.05) is 24.3 Å². The van der Waals surface area contributed by atoms with E-state index in [0.717, 1.165) is 50.4 Å². The number of amides is 1. The van der Waals surface area contributed by atoms with Crippen LogP contribution in [0, 0.1) is 0 Å². The Morgan fingerprint density at radius 1 is 1.08 bits per heavy atom. The fourth-order valence-electron chi connectivity index (χ4n) is 3.22. The number of carbonyl (C=O) groups excluding carboxylic acids is 1. The molecule has 25 heavy (non-hydrogen) atoms. The van der Waals surface area contributed by atoms with Crippen molar-refractivity contribution in [1.82, 2.24) is 9.88 Å². The predicted molar refractivity (Wildman–Crippen MR) is 100 cm³/mol. The van der Waals surface area contributed by atoms with Crippen LogP contribution in [0.5, 0.6) is 0 Å². The normalized spacial score (nSPS) is 14.6. The van der Waals surface area contributed by atoms with Crippen LogP contribution < -0.4 is 10.6 Å². The minimum absolute atomic E-state index is 0.159. The molecule has 0 bridgehead atoms. The lowest BCUT2D eigenvalue weighted by molar-refractivity contribution is -0.129. The van der Waals surface area contributed by atoms with Gasteiger partial charge in [0.2, 0.25) is 5.91 Å². The van der Waals surface area contributed by atoms with Gasteiger partial charge in [0.05, 0.1) is 11.9 Å². The van der Waals surface area contributed by atoms with Gasteiger partial charge < -0.3 is 15.5 Å². The smallest absolute Gasteiger partial charge is 0.219 e. The average molecular weight is 338 g/mol. The monoisotopic (exact) mass is 338 g/mol. The molecule has 0 aliphatic carbocycles. The number of aryl methyl sites for hydroxylation is 2. The molecule has 132 valence electrons. The molecule has 5 heteroatoms. The molecule has 5 nitrogen and oxygen atoms in total. The summed E-state index contributed by atoms with van der Waals surface area (Å²) >= 11 is 0. The Labute approximate surface area is 149 Å². The van der Waals surface area contributed by atoms with E-state index in [-0.39, 0.29) is 5.91 Å². The Bertz CT molecular complexity index is 706. The second-order valence-electron chi connectivity index (χ2n) is 6.52. The number of piperazine rings is 1. The maximum absolute atomic E-state index is 11.4. The zero-order chi connectivity index (χ0) is 17.6. The first-order valence-corrected chi connectivity index (χ1v) is 8.89. The summed E-state index contributed by atoms with van der Waals surface area (Å²) in [4.78, 5) is 20.2. The molecule has 0 atom stereocenters. The summed E-state index contributed by atoms with van der Waals surface area (Å²) in [7, 11) is 0. The molecule has 1 aromatic heterocycles. The largest absolute Gasteiger partial charge is 0.367 e. The van der Waals surface area contributed by atoms with Crippen molar-refractivity contribution in [2.45, 2.75) is 26.3 Å². The Kier molecular flexibility index (Phi) is 5.66. The molecule has 3 rings (SSSR count). The van der Waals surface area contributed by atoms with Gasteiger partial charge >= 0.3 is 0 Å². The van der Waals surface area contributed by atoms with Crippen molar-refractivity contribution in [3.8, 4) is 0 Å². The van der Waals surface area contributed by atoms with Gasteiger partial charge in [0.15, 0.2) is 0 Å². The van der Waals surface area contributed by atoms with Gasteiger partial charge in [-0.15, -0.1) is 0 Å². The minimum Gasteiger partial charge on any atom is -0.367 e. The SMILES string of the molecule is CC(=O)N1CCN(c2ccc(CCc3cccc(CN)c3)nc2)CC1. The van der Waals surface area contributed by atoms with E-state index in [0.29, 0.717) is 6.54 Å². The number of hydrogen-bond acceptors (Lipinski definition) is 4. The molecule has 0 unspecified atom stereocenters. The highest BCUT2D eigenvalue weighted by atomic mass is 16.2. The van der Waals surface area contributed by atoms with E-state index in [1.165, 1.54) is 11.1 Å². The maximum Gasteiger partial charge on any atom is 0.219 e. The van der Waals surface area contributed by atoms with Gasteiger partial charge in [-0.05, 0) is 36.1 Å². The van der Waals surface area contributed by atoms with Gasteiger partial charge in [-0.2, -0.15) is 0 Å². The highest BCUT2D eigenvalue weighted by Crippen LogP contribution is 2.17. The molecule has 1 aliphatic rings. The third kappa shape index (κ3) is 4.57. The lowest BCUT2D eigenvalue weighted by atomic mass is 10.0. The quantitative estimate of drug-likeness (QED) is 0.906. The molecule has 1 aromatic carbocycles. The maximum atomic E-state index is 11.4.